The molecule has 22 heavy (non-hydrogen) atoms. The van der Waals surface area contributed by atoms with E-state index in [-0.39, 0.29) is 1.43 Å². The molecule has 2 rings (SSSR count). The zero-order valence-electron chi connectivity index (χ0n) is 13.9. The van der Waals surface area contributed by atoms with Gasteiger partial charge in [0.15, 0.2) is 0 Å². The zero-order valence-corrected chi connectivity index (χ0v) is 14.5. The molecule has 0 atom stereocenters. The summed E-state index contributed by atoms with van der Waals surface area (Å²) in [6.45, 7) is 5.81. The molecule has 1 aliphatic rings. The number of hydrogen-bond acceptors (Lipinski definition) is 5. The van der Waals surface area contributed by atoms with Gasteiger partial charge in [-0.1, -0.05) is 25.1 Å². The quantitative estimate of drug-likeness (QED) is 0.513. The Bertz CT molecular complexity index is 597. The molecule has 1 aliphatic heterocycles. The van der Waals surface area contributed by atoms with Gasteiger partial charge >= 0.3 is 1.43 Å². The number of thioether (sulfide) groups is 1. The molecular weight excluding hydrogens is 322 g/mol. The van der Waals surface area contributed by atoms with Crippen molar-refractivity contribution in [1.29, 1.82) is 0 Å². The monoisotopic (exact) mass is 345 g/mol. The van der Waals surface area contributed by atoms with Gasteiger partial charge in [-0.25, -0.2) is 8.42 Å². The summed E-state index contributed by atoms with van der Waals surface area (Å²) in [6, 6.07) is 8.90. The number of hydrogen-bond donors (Lipinski definition) is 1. The minimum atomic E-state index is -4.92. The third-order valence-corrected chi connectivity index (χ3v) is 4.00. The summed E-state index contributed by atoms with van der Waals surface area (Å²) in [5, 5.41) is 0. The van der Waals surface area contributed by atoms with Crippen molar-refractivity contribution in [2.75, 3.05) is 25.9 Å². The van der Waals surface area contributed by atoms with E-state index in [1.165, 1.54) is 42.0 Å². The Hall–Kier alpha value is -0.860. The van der Waals surface area contributed by atoms with Crippen LogP contribution < -0.4 is 0 Å². The molecule has 0 radical (unpaired) electrons. The number of nitrogens with zero attached hydrogens (tertiary/aromatic N) is 1. The maximum atomic E-state index is 8.63. The zero-order chi connectivity index (χ0) is 16.6. The summed E-state index contributed by atoms with van der Waals surface area (Å²) in [6.07, 6.45) is 6.99. The number of rotatable bonds is 4. The van der Waals surface area contributed by atoms with Crippen LogP contribution in [0.3, 0.4) is 0 Å². The fourth-order valence-corrected chi connectivity index (χ4v) is 2.77. The first-order valence-corrected chi connectivity index (χ1v) is 9.66. The molecule has 0 aliphatic carbocycles. The van der Waals surface area contributed by atoms with E-state index in [1.54, 1.807) is 0 Å². The van der Waals surface area contributed by atoms with E-state index in [2.05, 4.69) is 48.4 Å². The van der Waals surface area contributed by atoms with Crippen molar-refractivity contribution in [3.05, 3.63) is 35.9 Å². The van der Waals surface area contributed by atoms with Gasteiger partial charge < -0.3 is 4.55 Å². The van der Waals surface area contributed by atoms with Gasteiger partial charge in [-0.3, -0.25) is 9.45 Å². The van der Waals surface area contributed by atoms with E-state index in [4.69, 9.17) is 17.5 Å². The SMILES string of the molecule is CCCN1CC=C(c2cccc(SC)c2)CC1.O=S(=O)([O-])O.[H+]. The summed E-state index contributed by atoms with van der Waals surface area (Å²) in [4.78, 5) is 3.89. The molecule has 1 N–H and O–H groups in total. The molecule has 0 saturated carbocycles. The van der Waals surface area contributed by atoms with E-state index in [0.717, 1.165) is 6.54 Å². The third-order valence-electron chi connectivity index (χ3n) is 3.27. The van der Waals surface area contributed by atoms with Gasteiger partial charge in [0, 0.05) is 18.0 Å². The normalized spacial score (nSPS) is 15.7. The van der Waals surface area contributed by atoms with Crippen LogP contribution in [0.2, 0.25) is 0 Å². The summed E-state index contributed by atoms with van der Waals surface area (Å²) in [5.74, 6) is 0. The molecule has 0 unspecified atom stereocenters. The first kappa shape index (κ1) is 19.2. The van der Waals surface area contributed by atoms with E-state index in [1.807, 2.05) is 11.8 Å². The van der Waals surface area contributed by atoms with Crippen LogP contribution in [0, 0.1) is 0 Å². The molecule has 0 aromatic heterocycles. The molecule has 1 aromatic carbocycles. The second kappa shape index (κ2) is 9.32. The highest BCUT2D eigenvalue weighted by atomic mass is 32.3. The predicted octanol–water partition coefficient (Wildman–Crippen LogP) is 3.02. The molecule has 0 fully saturated rings. The molecule has 7 heteroatoms. The Morgan fingerprint density at radius 2 is 2.14 bits per heavy atom. The van der Waals surface area contributed by atoms with Crippen molar-refractivity contribution >= 4 is 27.7 Å². The minimum absolute atomic E-state index is 0. The summed E-state index contributed by atoms with van der Waals surface area (Å²) in [5.41, 5.74) is 2.93. The summed E-state index contributed by atoms with van der Waals surface area (Å²) in [7, 11) is -4.92. The Morgan fingerprint density at radius 1 is 1.45 bits per heavy atom. The number of benzene rings is 1. The highest BCUT2D eigenvalue weighted by molar-refractivity contribution is 7.98. The lowest BCUT2D eigenvalue weighted by Gasteiger charge is -2.26. The van der Waals surface area contributed by atoms with Crippen molar-refractivity contribution in [2.45, 2.75) is 24.7 Å². The Labute approximate surface area is 138 Å². The van der Waals surface area contributed by atoms with Gasteiger partial charge in [-0.15, -0.1) is 11.8 Å². The van der Waals surface area contributed by atoms with Crippen LogP contribution in [0.25, 0.3) is 5.57 Å². The maximum absolute atomic E-state index is 8.63. The van der Waals surface area contributed by atoms with Crippen molar-refractivity contribution < 1.29 is 18.9 Å². The van der Waals surface area contributed by atoms with Crippen LogP contribution >= 0.6 is 11.8 Å². The average molecular weight is 345 g/mol. The molecule has 5 nitrogen and oxygen atoms in total. The minimum Gasteiger partial charge on any atom is -0.726 e. The smallest absolute Gasteiger partial charge is 0.726 e. The van der Waals surface area contributed by atoms with Gasteiger partial charge in [0.25, 0.3) is 0 Å². The van der Waals surface area contributed by atoms with Gasteiger partial charge in [-0.05, 0) is 48.9 Å². The Balaban J connectivity index is 0.000000709. The molecule has 1 heterocycles. The second-order valence-electron chi connectivity index (χ2n) is 4.94. The van der Waals surface area contributed by atoms with Crippen molar-refractivity contribution in [2.24, 2.45) is 0 Å². The van der Waals surface area contributed by atoms with Crippen LogP contribution in [-0.4, -0.2) is 48.3 Å². The second-order valence-corrected chi connectivity index (χ2v) is 6.67. The molecule has 124 valence electrons. The molecule has 1 aromatic rings. The van der Waals surface area contributed by atoms with Gasteiger partial charge in [0.2, 0.25) is 10.4 Å². The lowest BCUT2D eigenvalue weighted by Crippen LogP contribution is -2.29. The van der Waals surface area contributed by atoms with Crippen molar-refractivity contribution in [3.63, 3.8) is 0 Å². The van der Waals surface area contributed by atoms with Crippen LogP contribution in [0.15, 0.2) is 35.2 Å². The van der Waals surface area contributed by atoms with Crippen LogP contribution in [0.4, 0.5) is 0 Å². The predicted molar refractivity (Wildman–Crippen MR) is 91.0 cm³/mol. The largest absolute Gasteiger partial charge is 1.00 e. The first-order valence-electron chi connectivity index (χ1n) is 7.07. The lowest BCUT2D eigenvalue weighted by atomic mass is 9.99. The van der Waals surface area contributed by atoms with E-state index < -0.39 is 10.4 Å². The van der Waals surface area contributed by atoms with Gasteiger partial charge in [-0.2, -0.15) is 0 Å². The fraction of sp³-hybridized carbons (Fsp3) is 0.467. The Kier molecular flexibility index (Phi) is 8.13. The maximum Gasteiger partial charge on any atom is 1.00 e. The summed E-state index contributed by atoms with van der Waals surface area (Å²) >= 11 is 1.82. The molecule has 0 amide bonds. The van der Waals surface area contributed by atoms with Crippen LogP contribution in [0.5, 0.6) is 0 Å². The molecule has 0 bridgehead atoms. The fourth-order valence-electron chi connectivity index (χ4n) is 2.32. The van der Waals surface area contributed by atoms with E-state index >= 15 is 0 Å². The third kappa shape index (κ3) is 7.95. The Morgan fingerprint density at radius 3 is 2.64 bits per heavy atom. The van der Waals surface area contributed by atoms with Gasteiger partial charge in [0.1, 0.15) is 0 Å². The average Bonchev–Trinajstić information content (AvgIpc) is 2.47. The summed E-state index contributed by atoms with van der Waals surface area (Å²) < 4.78 is 32.8. The molecule has 0 spiro atoms. The van der Waals surface area contributed by atoms with Crippen molar-refractivity contribution in [1.82, 2.24) is 4.90 Å². The standard InChI is InChI=1S/C15H21NS.H2O4S/c1-3-9-16-10-7-13(8-11-16)14-5-4-6-15(12-14)17-2;1-5(2,3)4/h4-7,12H,3,8-11H2,1-2H3;(H2,1,2,3,4). The molecule has 0 saturated heterocycles. The van der Waals surface area contributed by atoms with Crippen LogP contribution in [-0.2, 0) is 10.4 Å². The van der Waals surface area contributed by atoms with Crippen LogP contribution in [0.1, 0.15) is 26.8 Å². The first-order chi connectivity index (χ1) is 10.3. The van der Waals surface area contributed by atoms with Crippen molar-refractivity contribution in [3.8, 4) is 0 Å². The highest BCUT2D eigenvalue weighted by Crippen LogP contribution is 2.25. The highest BCUT2D eigenvalue weighted by Gasteiger charge is 2.11. The topological polar surface area (TPSA) is 80.7 Å². The van der Waals surface area contributed by atoms with E-state index in [9.17, 15) is 0 Å². The molecular formula is C15H23NO4S2. The lowest BCUT2D eigenvalue weighted by molar-refractivity contribution is 0.302. The van der Waals surface area contributed by atoms with E-state index in [0.29, 0.717) is 0 Å². The van der Waals surface area contributed by atoms with Gasteiger partial charge in [0.05, 0.1) is 0 Å².